The zero-order valence-electron chi connectivity index (χ0n) is 8.02. The molecule has 0 aliphatic heterocycles. The van der Waals surface area contributed by atoms with E-state index >= 15 is 0 Å². The Morgan fingerprint density at radius 1 is 1.12 bits per heavy atom. The van der Waals surface area contributed by atoms with Gasteiger partial charge in [0.2, 0.25) is 0 Å². The second-order valence-corrected chi connectivity index (χ2v) is 4.84. The number of halogens is 2. The summed E-state index contributed by atoms with van der Waals surface area (Å²) < 4.78 is 9.11. The highest BCUT2D eigenvalue weighted by atomic mass is 79.9. The van der Waals surface area contributed by atoms with Gasteiger partial charge in [0, 0.05) is 0 Å². The minimum Gasteiger partial charge on any atom is -0.461 e. The highest BCUT2D eigenvalue weighted by Crippen LogP contribution is 2.29. The SMILES string of the molecule is Brc1nc(-c2ccco2)n2c(Br)cccc12. The van der Waals surface area contributed by atoms with E-state index in [0.29, 0.717) is 0 Å². The van der Waals surface area contributed by atoms with Gasteiger partial charge < -0.3 is 4.42 Å². The third kappa shape index (κ3) is 1.43. The maximum atomic E-state index is 5.37. The summed E-state index contributed by atoms with van der Waals surface area (Å²) in [6.07, 6.45) is 1.64. The lowest BCUT2D eigenvalue weighted by Gasteiger charge is -2.00. The smallest absolute Gasteiger partial charge is 0.182 e. The number of fused-ring (bicyclic) bond motifs is 1. The van der Waals surface area contributed by atoms with Crippen LogP contribution in [0.5, 0.6) is 0 Å². The monoisotopic (exact) mass is 340 g/mol. The van der Waals surface area contributed by atoms with Gasteiger partial charge in [-0.3, -0.25) is 4.40 Å². The third-order valence-electron chi connectivity index (χ3n) is 2.31. The molecule has 0 saturated carbocycles. The average Bonchev–Trinajstić information content (AvgIpc) is 2.87. The van der Waals surface area contributed by atoms with Crippen molar-refractivity contribution in [3.8, 4) is 11.6 Å². The molecule has 0 fully saturated rings. The largest absolute Gasteiger partial charge is 0.461 e. The maximum absolute atomic E-state index is 5.37. The second-order valence-electron chi connectivity index (χ2n) is 3.27. The molecule has 16 heavy (non-hydrogen) atoms. The molecule has 0 aromatic carbocycles. The molecule has 3 aromatic rings. The normalized spacial score (nSPS) is 11.1. The molecule has 0 N–H and O–H groups in total. The van der Waals surface area contributed by atoms with Crippen LogP contribution in [0.2, 0.25) is 0 Å². The van der Waals surface area contributed by atoms with Crippen molar-refractivity contribution in [1.82, 2.24) is 9.38 Å². The Labute approximate surface area is 108 Å². The second kappa shape index (κ2) is 3.75. The van der Waals surface area contributed by atoms with Gasteiger partial charge in [-0.25, -0.2) is 4.98 Å². The Bertz CT molecular complexity index is 643. The van der Waals surface area contributed by atoms with Crippen LogP contribution in [0.15, 0.2) is 50.2 Å². The van der Waals surface area contributed by atoms with Crippen LogP contribution in [-0.2, 0) is 0 Å². The lowest BCUT2D eigenvalue weighted by molar-refractivity contribution is 0.576. The Hall–Kier alpha value is -1.07. The summed E-state index contributed by atoms with van der Waals surface area (Å²) >= 11 is 6.95. The zero-order valence-corrected chi connectivity index (χ0v) is 11.2. The summed E-state index contributed by atoms with van der Waals surface area (Å²) in [4.78, 5) is 4.45. The van der Waals surface area contributed by atoms with Crippen molar-refractivity contribution in [2.45, 2.75) is 0 Å². The Balaban J connectivity index is 2.42. The Kier molecular flexibility index (Phi) is 2.37. The van der Waals surface area contributed by atoms with Crippen molar-refractivity contribution >= 4 is 37.4 Å². The Morgan fingerprint density at radius 3 is 2.75 bits per heavy atom. The van der Waals surface area contributed by atoms with Crippen LogP contribution in [-0.4, -0.2) is 9.38 Å². The first-order chi connectivity index (χ1) is 7.77. The van der Waals surface area contributed by atoms with Gasteiger partial charge in [0.1, 0.15) is 4.60 Å². The summed E-state index contributed by atoms with van der Waals surface area (Å²) in [6.45, 7) is 0. The third-order valence-corrected chi connectivity index (χ3v) is 3.51. The van der Waals surface area contributed by atoms with E-state index in [1.54, 1.807) is 6.26 Å². The molecule has 3 aromatic heterocycles. The highest BCUT2D eigenvalue weighted by molar-refractivity contribution is 9.11. The molecular weight excluding hydrogens is 336 g/mol. The van der Waals surface area contributed by atoms with Crippen molar-refractivity contribution in [3.05, 3.63) is 45.8 Å². The van der Waals surface area contributed by atoms with Crippen LogP contribution >= 0.6 is 31.9 Å². The van der Waals surface area contributed by atoms with Crippen LogP contribution in [0.25, 0.3) is 17.1 Å². The summed E-state index contributed by atoms with van der Waals surface area (Å²) in [5.41, 5.74) is 1.00. The molecule has 3 nitrogen and oxygen atoms in total. The summed E-state index contributed by atoms with van der Waals surface area (Å²) in [7, 11) is 0. The number of nitrogens with zero attached hydrogens (tertiary/aromatic N) is 2. The predicted molar refractivity (Wildman–Crippen MR) is 68.3 cm³/mol. The average molecular weight is 342 g/mol. The van der Waals surface area contributed by atoms with Gasteiger partial charge in [-0.15, -0.1) is 0 Å². The van der Waals surface area contributed by atoms with E-state index in [1.165, 1.54) is 0 Å². The lowest BCUT2D eigenvalue weighted by Crippen LogP contribution is -1.89. The van der Waals surface area contributed by atoms with Gasteiger partial charge in [0.25, 0.3) is 0 Å². The molecule has 80 valence electrons. The molecule has 0 unspecified atom stereocenters. The van der Waals surface area contributed by atoms with Crippen molar-refractivity contribution in [2.75, 3.05) is 0 Å². The van der Waals surface area contributed by atoms with E-state index < -0.39 is 0 Å². The minimum absolute atomic E-state index is 0.743. The van der Waals surface area contributed by atoms with Crippen LogP contribution in [0.3, 0.4) is 0 Å². The molecule has 0 radical (unpaired) electrons. The van der Waals surface area contributed by atoms with E-state index in [0.717, 1.165) is 26.3 Å². The molecule has 0 aliphatic rings. The molecule has 0 bridgehead atoms. The lowest BCUT2D eigenvalue weighted by atomic mass is 10.4. The first-order valence-electron chi connectivity index (χ1n) is 4.64. The van der Waals surface area contributed by atoms with Crippen LogP contribution in [0.1, 0.15) is 0 Å². The fourth-order valence-corrected chi connectivity index (χ4v) is 2.62. The van der Waals surface area contributed by atoms with Gasteiger partial charge in [0.05, 0.1) is 16.4 Å². The van der Waals surface area contributed by atoms with E-state index in [4.69, 9.17) is 4.42 Å². The summed E-state index contributed by atoms with van der Waals surface area (Å²) in [5.74, 6) is 1.52. The number of pyridine rings is 1. The highest BCUT2D eigenvalue weighted by Gasteiger charge is 2.14. The van der Waals surface area contributed by atoms with E-state index in [2.05, 4.69) is 36.8 Å². The van der Waals surface area contributed by atoms with Crippen molar-refractivity contribution in [3.63, 3.8) is 0 Å². The molecule has 0 saturated heterocycles. The van der Waals surface area contributed by atoms with Crippen molar-refractivity contribution in [2.24, 2.45) is 0 Å². The van der Waals surface area contributed by atoms with Crippen LogP contribution < -0.4 is 0 Å². The fourth-order valence-electron chi connectivity index (χ4n) is 1.63. The molecule has 3 rings (SSSR count). The van der Waals surface area contributed by atoms with Crippen molar-refractivity contribution in [1.29, 1.82) is 0 Å². The zero-order chi connectivity index (χ0) is 11.1. The first-order valence-corrected chi connectivity index (χ1v) is 6.22. The van der Waals surface area contributed by atoms with Gasteiger partial charge in [-0.2, -0.15) is 0 Å². The molecule has 3 heterocycles. The molecular formula is C11H6Br2N2O. The molecule has 0 amide bonds. The van der Waals surface area contributed by atoms with E-state index in [1.807, 2.05) is 34.7 Å². The summed E-state index contributed by atoms with van der Waals surface area (Å²) in [6, 6.07) is 9.67. The number of rotatable bonds is 1. The number of hydrogen-bond acceptors (Lipinski definition) is 2. The minimum atomic E-state index is 0.743. The van der Waals surface area contributed by atoms with Gasteiger partial charge >= 0.3 is 0 Å². The number of hydrogen-bond donors (Lipinski definition) is 0. The van der Waals surface area contributed by atoms with Crippen LogP contribution in [0.4, 0.5) is 0 Å². The van der Waals surface area contributed by atoms with Crippen molar-refractivity contribution < 1.29 is 4.42 Å². The quantitative estimate of drug-likeness (QED) is 0.623. The van der Waals surface area contributed by atoms with Gasteiger partial charge in [-0.1, -0.05) is 6.07 Å². The predicted octanol–water partition coefficient (Wildman–Crippen LogP) is 4.12. The first kappa shape index (κ1) is 10.1. The fraction of sp³-hybridized carbons (Fsp3) is 0. The summed E-state index contributed by atoms with van der Waals surface area (Å²) in [5, 5.41) is 0. The molecule has 0 aliphatic carbocycles. The molecule has 0 atom stereocenters. The Morgan fingerprint density at radius 2 is 2.00 bits per heavy atom. The topological polar surface area (TPSA) is 30.4 Å². The van der Waals surface area contributed by atoms with E-state index in [9.17, 15) is 0 Å². The molecule has 0 spiro atoms. The van der Waals surface area contributed by atoms with E-state index in [-0.39, 0.29) is 0 Å². The number of imidazole rings is 1. The molecule has 5 heteroatoms. The number of furan rings is 1. The maximum Gasteiger partial charge on any atom is 0.182 e. The van der Waals surface area contributed by atoms with Gasteiger partial charge in [-0.05, 0) is 56.1 Å². The van der Waals surface area contributed by atoms with Crippen LogP contribution in [0, 0.1) is 0 Å². The standard InChI is InChI=1S/C11H6Br2N2O/c12-9-5-1-3-7-10(13)14-11(15(7)9)8-4-2-6-16-8/h1-6H. The number of aromatic nitrogens is 2. The van der Waals surface area contributed by atoms with Gasteiger partial charge in [0.15, 0.2) is 11.6 Å².